The Labute approximate surface area is 122 Å². The number of rotatable bonds is 2. The average Bonchev–Trinajstić information content (AvgIpc) is 2.78. The Kier molecular flexibility index (Phi) is 3.24. The Bertz CT molecular complexity index is 571. The predicted octanol–water partition coefficient (Wildman–Crippen LogP) is 1.61. The van der Waals surface area contributed by atoms with Crippen LogP contribution in [0.3, 0.4) is 0 Å². The van der Waals surface area contributed by atoms with E-state index in [9.17, 15) is 9.59 Å². The van der Waals surface area contributed by atoms with Crippen LogP contribution in [0.15, 0.2) is 29.2 Å². The van der Waals surface area contributed by atoms with Gasteiger partial charge in [0.1, 0.15) is 5.54 Å². The van der Waals surface area contributed by atoms with Gasteiger partial charge in [-0.05, 0) is 25.5 Å². The molecule has 0 aliphatic carbocycles. The van der Waals surface area contributed by atoms with E-state index >= 15 is 0 Å². The van der Waals surface area contributed by atoms with Gasteiger partial charge < -0.3 is 10.2 Å². The van der Waals surface area contributed by atoms with Crippen molar-refractivity contribution in [2.45, 2.75) is 30.2 Å². The molecule has 2 heterocycles. The molecule has 1 unspecified atom stereocenters. The van der Waals surface area contributed by atoms with E-state index in [1.807, 2.05) is 23.9 Å². The summed E-state index contributed by atoms with van der Waals surface area (Å²) in [6, 6.07) is 8.32. The molecule has 2 amide bonds. The van der Waals surface area contributed by atoms with Crippen molar-refractivity contribution in [1.82, 2.24) is 10.2 Å². The number of fused-ring (bicyclic) bond motifs is 1. The topological polar surface area (TPSA) is 49.4 Å². The van der Waals surface area contributed by atoms with Crippen molar-refractivity contribution in [2.75, 3.05) is 18.8 Å². The van der Waals surface area contributed by atoms with E-state index in [0.717, 1.165) is 5.75 Å². The second-order valence-electron chi connectivity index (χ2n) is 5.90. The van der Waals surface area contributed by atoms with Gasteiger partial charge in [-0.1, -0.05) is 18.2 Å². The molecular formula is C15H18N2O2S. The first kappa shape index (κ1) is 13.5. The molecule has 5 heteroatoms. The van der Waals surface area contributed by atoms with Gasteiger partial charge in [0.15, 0.2) is 0 Å². The monoisotopic (exact) mass is 290 g/mol. The first-order valence-corrected chi connectivity index (χ1v) is 7.78. The normalized spacial score (nSPS) is 24.5. The van der Waals surface area contributed by atoms with Crippen molar-refractivity contribution in [3.05, 3.63) is 29.8 Å². The second-order valence-corrected chi connectivity index (χ2v) is 6.97. The highest BCUT2D eigenvalue weighted by atomic mass is 32.2. The Morgan fingerprint density at radius 2 is 2.10 bits per heavy atom. The van der Waals surface area contributed by atoms with E-state index < -0.39 is 5.54 Å². The molecule has 0 radical (unpaired) electrons. The van der Waals surface area contributed by atoms with E-state index in [1.54, 1.807) is 18.7 Å². The lowest BCUT2D eigenvalue weighted by Crippen LogP contribution is -2.64. The zero-order valence-corrected chi connectivity index (χ0v) is 12.5. The molecular weight excluding hydrogens is 272 g/mol. The summed E-state index contributed by atoms with van der Waals surface area (Å²) in [5.74, 6) is 1.23. The van der Waals surface area contributed by atoms with Gasteiger partial charge >= 0.3 is 0 Å². The van der Waals surface area contributed by atoms with Crippen LogP contribution in [-0.2, 0) is 9.59 Å². The number of benzene rings is 1. The molecule has 106 valence electrons. The number of thioether (sulfide) groups is 1. The lowest BCUT2D eigenvalue weighted by Gasteiger charge is -2.38. The highest BCUT2D eigenvalue weighted by molar-refractivity contribution is 7.99. The largest absolute Gasteiger partial charge is 0.341 e. The van der Waals surface area contributed by atoms with Crippen LogP contribution in [0.1, 0.15) is 25.3 Å². The van der Waals surface area contributed by atoms with Crippen LogP contribution in [0.4, 0.5) is 0 Å². The standard InChI is InChI=1S/C15H18N2O2S/c1-15(2)14(19)17(8-13(18)16-15)7-10-9-20-12-6-4-3-5-11(10)12/h3-6,10H,7-9H2,1-2H3,(H,16,18). The number of hydrogen-bond acceptors (Lipinski definition) is 3. The van der Waals surface area contributed by atoms with Crippen LogP contribution in [0.25, 0.3) is 0 Å². The van der Waals surface area contributed by atoms with Crippen LogP contribution in [0.5, 0.6) is 0 Å². The zero-order valence-electron chi connectivity index (χ0n) is 11.7. The minimum Gasteiger partial charge on any atom is -0.341 e. The second kappa shape index (κ2) is 4.81. The van der Waals surface area contributed by atoms with E-state index in [1.165, 1.54) is 10.5 Å². The quantitative estimate of drug-likeness (QED) is 0.900. The summed E-state index contributed by atoms with van der Waals surface area (Å²) in [4.78, 5) is 27.1. The third kappa shape index (κ3) is 2.30. The Balaban J connectivity index is 1.78. The summed E-state index contributed by atoms with van der Waals surface area (Å²) in [5.41, 5.74) is 0.509. The lowest BCUT2D eigenvalue weighted by atomic mass is 9.96. The first-order chi connectivity index (χ1) is 9.47. The predicted molar refractivity (Wildman–Crippen MR) is 78.7 cm³/mol. The van der Waals surface area contributed by atoms with Crippen LogP contribution < -0.4 is 5.32 Å². The number of hydrogen-bond donors (Lipinski definition) is 1. The Hall–Kier alpha value is -1.49. The number of carbonyl (C=O) groups is 2. The van der Waals surface area contributed by atoms with Crippen molar-refractivity contribution in [3.8, 4) is 0 Å². The molecule has 1 N–H and O–H groups in total. The highest BCUT2D eigenvalue weighted by Crippen LogP contribution is 2.39. The third-order valence-corrected chi connectivity index (χ3v) is 5.10. The van der Waals surface area contributed by atoms with Crippen LogP contribution in [0, 0.1) is 0 Å². The summed E-state index contributed by atoms with van der Waals surface area (Å²) in [7, 11) is 0. The maximum Gasteiger partial charge on any atom is 0.248 e. The molecule has 1 aromatic carbocycles. The number of nitrogens with zero attached hydrogens (tertiary/aromatic N) is 1. The molecule has 0 spiro atoms. The fourth-order valence-corrected chi connectivity index (χ4v) is 4.12. The Morgan fingerprint density at radius 3 is 2.90 bits per heavy atom. The molecule has 1 fully saturated rings. The molecule has 3 rings (SSSR count). The minimum atomic E-state index is -0.791. The molecule has 2 aliphatic rings. The molecule has 1 saturated heterocycles. The van der Waals surface area contributed by atoms with Crippen LogP contribution >= 0.6 is 11.8 Å². The average molecular weight is 290 g/mol. The van der Waals surface area contributed by atoms with Gasteiger partial charge in [0.2, 0.25) is 11.8 Å². The van der Waals surface area contributed by atoms with Crippen LogP contribution in [-0.4, -0.2) is 41.1 Å². The number of amides is 2. The van der Waals surface area contributed by atoms with E-state index in [4.69, 9.17) is 0 Å². The van der Waals surface area contributed by atoms with Crippen molar-refractivity contribution >= 4 is 23.6 Å². The third-order valence-electron chi connectivity index (χ3n) is 3.85. The van der Waals surface area contributed by atoms with Crippen molar-refractivity contribution in [1.29, 1.82) is 0 Å². The van der Waals surface area contributed by atoms with Gasteiger partial charge in [0, 0.05) is 23.1 Å². The fraction of sp³-hybridized carbons (Fsp3) is 0.467. The molecule has 0 saturated carbocycles. The molecule has 0 aromatic heterocycles. The minimum absolute atomic E-state index is 0.00600. The van der Waals surface area contributed by atoms with Gasteiger partial charge in [0.25, 0.3) is 0 Å². The maximum atomic E-state index is 12.4. The summed E-state index contributed by atoms with van der Waals surface area (Å²) < 4.78 is 0. The lowest BCUT2D eigenvalue weighted by molar-refractivity contribution is -0.148. The summed E-state index contributed by atoms with van der Waals surface area (Å²) >= 11 is 1.83. The summed E-state index contributed by atoms with van der Waals surface area (Å²) in [6.07, 6.45) is 0. The highest BCUT2D eigenvalue weighted by Gasteiger charge is 2.40. The molecule has 1 aromatic rings. The Morgan fingerprint density at radius 1 is 1.35 bits per heavy atom. The SMILES string of the molecule is CC1(C)NC(=O)CN(CC2CSc3ccccc32)C1=O. The maximum absolute atomic E-state index is 12.4. The van der Waals surface area contributed by atoms with Gasteiger partial charge in [-0.25, -0.2) is 0 Å². The number of carbonyl (C=O) groups excluding carboxylic acids is 2. The van der Waals surface area contributed by atoms with E-state index in [2.05, 4.69) is 17.4 Å². The molecule has 20 heavy (non-hydrogen) atoms. The number of piperazine rings is 1. The smallest absolute Gasteiger partial charge is 0.248 e. The van der Waals surface area contributed by atoms with Crippen molar-refractivity contribution in [3.63, 3.8) is 0 Å². The van der Waals surface area contributed by atoms with Crippen molar-refractivity contribution < 1.29 is 9.59 Å². The molecule has 2 aliphatic heterocycles. The van der Waals surface area contributed by atoms with Gasteiger partial charge in [-0.3, -0.25) is 9.59 Å². The van der Waals surface area contributed by atoms with Crippen molar-refractivity contribution in [2.24, 2.45) is 0 Å². The van der Waals surface area contributed by atoms with Gasteiger partial charge in [0.05, 0.1) is 6.54 Å². The molecule has 0 bridgehead atoms. The summed E-state index contributed by atoms with van der Waals surface area (Å²) in [5, 5.41) is 2.74. The van der Waals surface area contributed by atoms with E-state index in [-0.39, 0.29) is 18.4 Å². The summed E-state index contributed by atoms with van der Waals surface area (Å²) in [6.45, 7) is 4.32. The number of nitrogens with one attached hydrogen (secondary N) is 1. The van der Waals surface area contributed by atoms with Gasteiger partial charge in [-0.15, -0.1) is 11.8 Å². The molecule has 1 atom stereocenters. The van der Waals surface area contributed by atoms with Crippen LogP contribution in [0.2, 0.25) is 0 Å². The fourth-order valence-electron chi connectivity index (χ4n) is 2.88. The van der Waals surface area contributed by atoms with Gasteiger partial charge in [-0.2, -0.15) is 0 Å². The zero-order chi connectivity index (χ0) is 14.3. The first-order valence-electron chi connectivity index (χ1n) is 6.79. The molecule has 4 nitrogen and oxygen atoms in total. The van der Waals surface area contributed by atoms with E-state index in [0.29, 0.717) is 12.5 Å².